The van der Waals surface area contributed by atoms with E-state index in [9.17, 15) is 9.59 Å². The summed E-state index contributed by atoms with van der Waals surface area (Å²) in [4.78, 5) is 40.0. The normalized spacial score (nSPS) is 16.1. The molecule has 0 spiro atoms. The topological polar surface area (TPSA) is 81.7 Å². The number of amides is 2. The third-order valence-electron chi connectivity index (χ3n) is 6.52. The Morgan fingerprint density at radius 2 is 1.70 bits per heavy atom. The number of piperazine rings is 1. The molecule has 0 bridgehead atoms. The predicted octanol–water partition coefficient (Wildman–Crippen LogP) is 3.24. The molecule has 0 radical (unpaired) electrons. The summed E-state index contributed by atoms with van der Waals surface area (Å²) in [7, 11) is 0. The van der Waals surface area contributed by atoms with Crippen LogP contribution in [-0.2, 0) is 17.9 Å². The van der Waals surface area contributed by atoms with Gasteiger partial charge in [0.1, 0.15) is 11.5 Å². The Balaban J connectivity index is 1.59. The second kappa shape index (κ2) is 9.37. The molecular formula is C25H34N6O2. The molecule has 1 saturated heterocycles. The number of aromatic nitrogens is 2. The highest BCUT2D eigenvalue weighted by Crippen LogP contribution is 2.31. The van der Waals surface area contributed by atoms with E-state index in [1.165, 1.54) is 5.56 Å². The van der Waals surface area contributed by atoms with Gasteiger partial charge in [-0.1, -0.05) is 38.1 Å². The Morgan fingerprint density at radius 1 is 1.03 bits per heavy atom. The minimum atomic E-state index is -0.0460. The quantitative estimate of drug-likeness (QED) is 0.728. The minimum Gasteiger partial charge on any atom is -0.366 e. The molecule has 8 heteroatoms. The second-order valence-corrected chi connectivity index (χ2v) is 9.47. The van der Waals surface area contributed by atoms with Crippen molar-refractivity contribution < 1.29 is 9.59 Å². The molecule has 176 valence electrons. The lowest BCUT2D eigenvalue weighted by Gasteiger charge is -2.34. The molecule has 33 heavy (non-hydrogen) atoms. The molecule has 1 N–H and O–H groups in total. The Morgan fingerprint density at radius 3 is 2.27 bits per heavy atom. The van der Waals surface area contributed by atoms with Crippen molar-refractivity contribution in [1.29, 1.82) is 0 Å². The number of carbonyl (C=O) groups is 2. The number of hydrogen-bond donors (Lipinski definition) is 1. The highest BCUT2D eigenvalue weighted by Gasteiger charge is 2.35. The van der Waals surface area contributed by atoms with Crippen LogP contribution in [0.15, 0.2) is 24.3 Å². The maximum absolute atomic E-state index is 13.1. The van der Waals surface area contributed by atoms with Crippen molar-refractivity contribution >= 4 is 23.6 Å². The molecule has 0 unspecified atom stereocenters. The summed E-state index contributed by atoms with van der Waals surface area (Å²) in [5.41, 5.74) is 3.82. The van der Waals surface area contributed by atoms with Gasteiger partial charge in [0.25, 0.3) is 5.91 Å². The van der Waals surface area contributed by atoms with E-state index in [0.717, 1.165) is 11.1 Å². The molecule has 0 atom stereocenters. The molecule has 2 aliphatic rings. The van der Waals surface area contributed by atoms with Gasteiger partial charge in [-0.3, -0.25) is 9.59 Å². The summed E-state index contributed by atoms with van der Waals surface area (Å²) >= 11 is 0. The van der Waals surface area contributed by atoms with Crippen LogP contribution in [0.1, 0.15) is 67.7 Å². The standard InChI is InChI=1S/C25H34N6O2/c1-16(2)20-8-6-19(7-9-20)14-26-23-21-15-31(17(3)4)24(33)22(21)27-25(28-23)30-12-10-29(11-13-30)18(5)32/h6-9,16-17H,10-15H2,1-5H3,(H,26,27,28). The number of carbonyl (C=O) groups excluding carboxylic acids is 2. The highest BCUT2D eigenvalue weighted by molar-refractivity contribution is 5.98. The summed E-state index contributed by atoms with van der Waals surface area (Å²) in [6.45, 7) is 13.7. The highest BCUT2D eigenvalue weighted by atomic mass is 16.2. The van der Waals surface area contributed by atoms with Crippen LogP contribution in [0.3, 0.4) is 0 Å². The first-order valence-corrected chi connectivity index (χ1v) is 11.8. The third kappa shape index (κ3) is 4.79. The van der Waals surface area contributed by atoms with E-state index in [1.807, 2.05) is 23.6 Å². The smallest absolute Gasteiger partial charge is 0.273 e. The molecule has 2 amide bonds. The molecule has 1 aromatic carbocycles. The molecule has 1 fully saturated rings. The zero-order chi connectivity index (χ0) is 23.7. The van der Waals surface area contributed by atoms with Gasteiger partial charge in [-0.05, 0) is 30.9 Å². The van der Waals surface area contributed by atoms with Gasteiger partial charge in [0, 0.05) is 51.3 Å². The van der Waals surface area contributed by atoms with E-state index < -0.39 is 0 Å². The van der Waals surface area contributed by atoms with Gasteiger partial charge in [-0.15, -0.1) is 0 Å². The number of fused-ring (bicyclic) bond motifs is 1. The van der Waals surface area contributed by atoms with Gasteiger partial charge in [0.05, 0.1) is 6.54 Å². The summed E-state index contributed by atoms with van der Waals surface area (Å²) in [5, 5.41) is 3.48. The minimum absolute atomic E-state index is 0.0460. The average molecular weight is 451 g/mol. The van der Waals surface area contributed by atoms with Gasteiger partial charge >= 0.3 is 0 Å². The van der Waals surface area contributed by atoms with Gasteiger partial charge in [0.15, 0.2) is 0 Å². The molecule has 8 nitrogen and oxygen atoms in total. The number of anilines is 2. The third-order valence-corrected chi connectivity index (χ3v) is 6.52. The number of rotatable bonds is 6. The first-order valence-electron chi connectivity index (χ1n) is 11.8. The van der Waals surface area contributed by atoms with Gasteiger partial charge in [0.2, 0.25) is 11.9 Å². The monoisotopic (exact) mass is 450 g/mol. The maximum atomic E-state index is 13.1. The first-order chi connectivity index (χ1) is 15.7. The zero-order valence-corrected chi connectivity index (χ0v) is 20.3. The van der Waals surface area contributed by atoms with Crippen molar-refractivity contribution in [1.82, 2.24) is 19.8 Å². The Kier molecular flexibility index (Phi) is 6.54. The molecule has 2 aromatic rings. The number of nitrogens with zero attached hydrogens (tertiary/aromatic N) is 5. The molecule has 0 aliphatic carbocycles. The largest absolute Gasteiger partial charge is 0.366 e. The fourth-order valence-electron chi connectivity index (χ4n) is 4.31. The lowest BCUT2D eigenvalue weighted by molar-refractivity contribution is -0.129. The van der Waals surface area contributed by atoms with Crippen LogP contribution >= 0.6 is 0 Å². The van der Waals surface area contributed by atoms with E-state index in [0.29, 0.717) is 62.6 Å². The Hall–Kier alpha value is -3.16. The Bertz CT molecular complexity index is 1030. The van der Waals surface area contributed by atoms with E-state index in [2.05, 4.69) is 53.3 Å². The van der Waals surface area contributed by atoms with Crippen molar-refractivity contribution in [3.8, 4) is 0 Å². The molecule has 4 rings (SSSR count). The van der Waals surface area contributed by atoms with E-state index in [4.69, 9.17) is 4.98 Å². The van der Waals surface area contributed by atoms with Crippen molar-refractivity contribution in [3.05, 3.63) is 46.6 Å². The fourth-order valence-corrected chi connectivity index (χ4v) is 4.31. The van der Waals surface area contributed by atoms with E-state index in [1.54, 1.807) is 6.92 Å². The number of benzene rings is 1. The van der Waals surface area contributed by atoms with Gasteiger partial charge in [-0.25, -0.2) is 4.98 Å². The van der Waals surface area contributed by atoms with Crippen LogP contribution < -0.4 is 10.2 Å². The number of nitrogens with one attached hydrogen (secondary N) is 1. The lowest BCUT2D eigenvalue weighted by Crippen LogP contribution is -2.48. The lowest BCUT2D eigenvalue weighted by atomic mass is 10.0. The van der Waals surface area contributed by atoms with Crippen LogP contribution in [0.2, 0.25) is 0 Å². The molecule has 2 aliphatic heterocycles. The SMILES string of the molecule is CC(=O)N1CCN(c2nc(NCc3ccc(C(C)C)cc3)c3c(n2)C(=O)N(C(C)C)C3)CC1. The van der Waals surface area contributed by atoms with Gasteiger partial charge < -0.3 is 20.0 Å². The van der Waals surface area contributed by atoms with Crippen LogP contribution in [0.25, 0.3) is 0 Å². The van der Waals surface area contributed by atoms with Crippen molar-refractivity contribution in [2.24, 2.45) is 0 Å². The fraction of sp³-hybridized carbons (Fsp3) is 0.520. The first kappa shape index (κ1) is 23.0. The number of hydrogen-bond acceptors (Lipinski definition) is 6. The molecule has 1 aromatic heterocycles. The van der Waals surface area contributed by atoms with Crippen molar-refractivity contribution in [2.75, 3.05) is 36.4 Å². The second-order valence-electron chi connectivity index (χ2n) is 9.47. The van der Waals surface area contributed by atoms with E-state index >= 15 is 0 Å². The summed E-state index contributed by atoms with van der Waals surface area (Å²) in [5.74, 6) is 1.80. The van der Waals surface area contributed by atoms with Crippen LogP contribution in [0.5, 0.6) is 0 Å². The maximum Gasteiger partial charge on any atom is 0.273 e. The Labute approximate surface area is 196 Å². The van der Waals surface area contributed by atoms with Gasteiger partial charge in [-0.2, -0.15) is 4.98 Å². The van der Waals surface area contributed by atoms with Crippen LogP contribution in [0.4, 0.5) is 11.8 Å². The van der Waals surface area contributed by atoms with Crippen molar-refractivity contribution in [3.63, 3.8) is 0 Å². The summed E-state index contributed by atoms with van der Waals surface area (Å²) in [6, 6.07) is 8.69. The van der Waals surface area contributed by atoms with E-state index in [-0.39, 0.29) is 17.9 Å². The predicted molar refractivity (Wildman–Crippen MR) is 129 cm³/mol. The van der Waals surface area contributed by atoms with Crippen molar-refractivity contribution in [2.45, 2.75) is 59.7 Å². The average Bonchev–Trinajstić information content (AvgIpc) is 3.14. The van der Waals surface area contributed by atoms with Crippen LogP contribution in [0, 0.1) is 0 Å². The van der Waals surface area contributed by atoms with Crippen LogP contribution in [-0.4, -0.2) is 63.8 Å². The molecular weight excluding hydrogens is 416 g/mol. The molecule has 0 saturated carbocycles. The summed E-state index contributed by atoms with van der Waals surface area (Å²) < 4.78 is 0. The molecule has 3 heterocycles. The zero-order valence-electron chi connectivity index (χ0n) is 20.3. The summed E-state index contributed by atoms with van der Waals surface area (Å²) in [6.07, 6.45) is 0.